The first-order valence-corrected chi connectivity index (χ1v) is 9.38. The highest BCUT2D eigenvalue weighted by Gasteiger charge is 2.14. The van der Waals surface area contributed by atoms with E-state index in [-0.39, 0.29) is 11.4 Å². The topological polar surface area (TPSA) is 72.5 Å². The molecule has 122 valence electrons. The highest BCUT2D eigenvalue weighted by atomic mass is 79.9. The summed E-state index contributed by atoms with van der Waals surface area (Å²) < 4.78 is 31.8. The molecule has 0 aliphatic carbocycles. The minimum Gasteiger partial charge on any atom is -0.465 e. The number of sulfonamides is 1. The third kappa shape index (κ3) is 4.63. The van der Waals surface area contributed by atoms with Crippen LogP contribution >= 0.6 is 15.9 Å². The van der Waals surface area contributed by atoms with Gasteiger partial charge in [-0.15, -0.1) is 0 Å². The van der Waals surface area contributed by atoms with Crippen LogP contribution in [0.1, 0.15) is 21.5 Å². The van der Waals surface area contributed by atoms with Crippen LogP contribution in [0.5, 0.6) is 0 Å². The average Bonchev–Trinajstić information content (AvgIpc) is 2.59. The molecule has 0 saturated heterocycles. The summed E-state index contributed by atoms with van der Waals surface area (Å²) in [7, 11) is -2.32. The van der Waals surface area contributed by atoms with Gasteiger partial charge in [0.1, 0.15) is 0 Å². The van der Waals surface area contributed by atoms with Gasteiger partial charge >= 0.3 is 5.97 Å². The molecule has 0 spiro atoms. The smallest absolute Gasteiger partial charge is 0.337 e. The quantitative estimate of drug-likeness (QED) is 0.600. The fraction of sp³-hybridized carbons (Fsp3) is 0.188. The van der Waals surface area contributed by atoms with E-state index in [0.717, 1.165) is 5.56 Å². The van der Waals surface area contributed by atoms with Crippen molar-refractivity contribution in [3.8, 4) is 0 Å². The van der Waals surface area contributed by atoms with Gasteiger partial charge in [-0.05, 0) is 35.4 Å². The molecule has 0 fully saturated rings. The van der Waals surface area contributed by atoms with Crippen molar-refractivity contribution >= 4 is 31.9 Å². The molecule has 0 amide bonds. The van der Waals surface area contributed by atoms with E-state index in [4.69, 9.17) is 0 Å². The molecule has 0 heterocycles. The van der Waals surface area contributed by atoms with Crippen LogP contribution in [-0.4, -0.2) is 21.5 Å². The van der Waals surface area contributed by atoms with Gasteiger partial charge < -0.3 is 4.74 Å². The van der Waals surface area contributed by atoms with Crippen LogP contribution in [0.2, 0.25) is 0 Å². The second-order valence-corrected chi connectivity index (χ2v) is 7.13. The molecule has 2 aromatic rings. The number of hydrogen-bond donors (Lipinski definition) is 1. The summed E-state index contributed by atoms with van der Waals surface area (Å²) >= 11 is 3.30. The number of carbonyl (C=O) groups is 1. The number of esters is 1. The molecular formula is C16H16BrNO4S. The average molecular weight is 398 g/mol. The Bertz CT molecular complexity index is 805. The lowest BCUT2D eigenvalue weighted by molar-refractivity contribution is 0.0600. The van der Waals surface area contributed by atoms with Crippen LogP contribution in [0.25, 0.3) is 0 Å². The van der Waals surface area contributed by atoms with Gasteiger partial charge in [-0.25, -0.2) is 17.9 Å². The van der Waals surface area contributed by atoms with Crippen LogP contribution in [0.3, 0.4) is 0 Å². The Kier molecular flexibility index (Phi) is 5.92. The summed E-state index contributed by atoms with van der Waals surface area (Å²) in [4.78, 5) is 11.7. The summed E-state index contributed by atoms with van der Waals surface area (Å²) in [6.45, 7) is 0.0890. The third-order valence-corrected chi connectivity index (χ3v) is 5.22. The van der Waals surface area contributed by atoms with E-state index in [1.807, 2.05) is 6.07 Å². The molecule has 0 bridgehead atoms. The van der Waals surface area contributed by atoms with Crippen molar-refractivity contribution < 1.29 is 17.9 Å². The minimum absolute atomic E-state index is 0.0890. The van der Waals surface area contributed by atoms with Gasteiger partial charge in [0, 0.05) is 11.9 Å². The van der Waals surface area contributed by atoms with Gasteiger partial charge in [0.25, 0.3) is 0 Å². The first-order valence-electron chi connectivity index (χ1n) is 6.78. The number of rotatable bonds is 6. The lowest BCUT2D eigenvalue weighted by atomic mass is 10.1. The van der Waals surface area contributed by atoms with Gasteiger partial charge in [-0.3, -0.25) is 0 Å². The lowest BCUT2D eigenvalue weighted by Crippen LogP contribution is -2.23. The Morgan fingerprint density at radius 3 is 2.52 bits per heavy atom. The first-order chi connectivity index (χ1) is 11.0. The fourth-order valence-corrected chi connectivity index (χ4v) is 3.42. The Morgan fingerprint density at radius 2 is 1.83 bits per heavy atom. The summed E-state index contributed by atoms with van der Waals surface area (Å²) in [5.41, 5.74) is 1.93. The zero-order valence-electron chi connectivity index (χ0n) is 12.5. The number of halogens is 1. The summed E-state index contributed by atoms with van der Waals surface area (Å²) in [6.07, 6.45) is 0. The molecule has 23 heavy (non-hydrogen) atoms. The van der Waals surface area contributed by atoms with Crippen LogP contribution in [-0.2, 0) is 26.6 Å². The van der Waals surface area contributed by atoms with E-state index < -0.39 is 16.0 Å². The Labute approximate surface area is 143 Å². The molecule has 0 aliphatic rings. The maximum absolute atomic E-state index is 12.3. The van der Waals surface area contributed by atoms with E-state index in [9.17, 15) is 13.2 Å². The second-order valence-electron chi connectivity index (χ2n) is 4.80. The Morgan fingerprint density at radius 1 is 1.13 bits per heavy atom. The molecule has 0 radical (unpaired) electrons. The third-order valence-electron chi connectivity index (χ3n) is 3.18. The number of hydrogen-bond acceptors (Lipinski definition) is 4. The maximum Gasteiger partial charge on any atom is 0.337 e. The predicted molar refractivity (Wildman–Crippen MR) is 90.9 cm³/mol. The van der Waals surface area contributed by atoms with Crippen molar-refractivity contribution in [1.29, 1.82) is 0 Å². The van der Waals surface area contributed by atoms with Gasteiger partial charge in [0.15, 0.2) is 0 Å². The molecule has 0 atom stereocenters. The minimum atomic E-state index is -3.62. The number of methoxy groups -OCH3 is 1. The van der Waals surface area contributed by atoms with Crippen LogP contribution < -0.4 is 4.72 Å². The standard InChI is InChI=1S/C16H16BrNO4S/c1-22-16(19)14-6-2-5-13(8-14)11-18-23(20,21)15-7-3-4-12(9-15)10-17/h2-9,18H,10-11H2,1H3. The molecule has 7 heteroatoms. The molecule has 0 aromatic heterocycles. The first kappa shape index (κ1) is 17.7. The van der Waals surface area contributed by atoms with Crippen LogP contribution in [0, 0.1) is 0 Å². The largest absolute Gasteiger partial charge is 0.465 e. The van der Waals surface area contributed by atoms with Gasteiger partial charge in [0.05, 0.1) is 17.6 Å². The molecule has 2 rings (SSSR count). The number of ether oxygens (including phenoxy) is 1. The van der Waals surface area contributed by atoms with E-state index in [0.29, 0.717) is 16.5 Å². The van der Waals surface area contributed by atoms with Gasteiger partial charge in [-0.1, -0.05) is 40.2 Å². The van der Waals surface area contributed by atoms with E-state index in [1.54, 1.807) is 42.5 Å². The fourth-order valence-electron chi connectivity index (χ4n) is 1.98. The van der Waals surface area contributed by atoms with Crippen molar-refractivity contribution in [3.63, 3.8) is 0 Å². The summed E-state index contributed by atoms with van der Waals surface area (Å²) in [6, 6.07) is 13.3. The Balaban J connectivity index is 2.14. The highest BCUT2D eigenvalue weighted by Crippen LogP contribution is 2.14. The SMILES string of the molecule is COC(=O)c1cccc(CNS(=O)(=O)c2cccc(CBr)c2)c1. The van der Waals surface area contributed by atoms with E-state index in [1.165, 1.54) is 7.11 Å². The molecule has 0 unspecified atom stereocenters. The monoisotopic (exact) mass is 397 g/mol. The van der Waals surface area contributed by atoms with Crippen molar-refractivity contribution in [3.05, 3.63) is 65.2 Å². The molecule has 0 aliphatic heterocycles. The molecule has 5 nitrogen and oxygen atoms in total. The van der Waals surface area contributed by atoms with Crippen LogP contribution in [0.4, 0.5) is 0 Å². The van der Waals surface area contributed by atoms with Crippen molar-refractivity contribution in [2.45, 2.75) is 16.8 Å². The molecule has 0 saturated carbocycles. The summed E-state index contributed by atoms with van der Waals surface area (Å²) in [5, 5.41) is 0.581. The molecule has 2 aromatic carbocycles. The maximum atomic E-state index is 12.3. The van der Waals surface area contributed by atoms with Crippen molar-refractivity contribution in [2.75, 3.05) is 7.11 Å². The Hall–Kier alpha value is -1.70. The zero-order valence-corrected chi connectivity index (χ0v) is 14.9. The molecular weight excluding hydrogens is 382 g/mol. The number of alkyl halides is 1. The van der Waals surface area contributed by atoms with Gasteiger partial charge in [0.2, 0.25) is 10.0 Å². The normalized spacial score (nSPS) is 11.2. The highest BCUT2D eigenvalue weighted by molar-refractivity contribution is 9.08. The zero-order chi connectivity index (χ0) is 16.9. The van der Waals surface area contributed by atoms with Crippen molar-refractivity contribution in [1.82, 2.24) is 4.72 Å². The van der Waals surface area contributed by atoms with Crippen LogP contribution in [0.15, 0.2) is 53.4 Å². The van der Waals surface area contributed by atoms with E-state index >= 15 is 0 Å². The predicted octanol–water partition coefficient (Wildman–Crippen LogP) is 2.85. The van der Waals surface area contributed by atoms with Gasteiger partial charge in [-0.2, -0.15) is 0 Å². The number of benzene rings is 2. The number of carbonyl (C=O) groups excluding carboxylic acids is 1. The number of nitrogens with one attached hydrogen (secondary N) is 1. The second kappa shape index (κ2) is 7.72. The molecule has 1 N–H and O–H groups in total. The lowest BCUT2D eigenvalue weighted by Gasteiger charge is -2.09. The van der Waals surface area contributed by atoms with Crippen molar-refractivity contribution in [2.24, 2.45) is 0 Å². The summed E-state index contributed by atoms with van der Waals surface area (Å²) in [5.74, 6) is -0.459. The van der Waals surface area contributed by atoms with E-state index in [2.05, 4.69) is 25.4 Å².